The lowest BCUT2D eigenvalue weighted by Gasteiger charge is -2.15. The van der Waals surface area contributed by atoms with Crippen LogP contribution in [-0.2, 0) is 0 Å². The van der Waals surface area contributed by atoms with Crippen LogP contribution in [0.2, 0.25) is 0 Å². The van der Waals surface area contributed by atoms with Crippen LogP contribution in [0.15, 0.2) is 29.6 Å². The molecule has 2 rings (SSSR count). The van der Waals surface area contributed by atoms with E-state index in [1.54, 1.807) is 19.2 Å². The molecule has 0 saturated heterocycles. The molecule has 0 amide bonds. The van der Waals surface area contributed by atoms with Crippen molar-refractivity contribution in [1.82, 2.24) is 5.43 Å². The Morgan fingerprint density at radius 1 is 1.26 bits per heavy atom. The summed E-state index contributed by atoms with van der Waals surface area (Å²) in [4.78, 5) is 0.948. The Kier molecular flexibility index (Phi) is 4.36. The van der Waals surface area contributed by atoms with E-state index in [9.17, 15) is 4.39 Å². The molecular formula is C13H15FN2O2S. The van der Waals surface area contributed by atoms with Gasteiger partial charge in [0.05, 0.1) is 20.3 Å². The number of rotatable bonds is 5. The molecule has 19 heavy (non-hydrogen) atoms. The molecule has 1 aromatic carbocycles. The van der Waals surface area contributed by atoms with Gasteiger partial charge in [0.25, 0.3) is 0 Å². The van der Waals surface area contributed by atoms with Crippen molar-refractivity contribution in [3.63, 3.8) is 0 Å². The first-order valence-electron chi connectivity index (χ1n) is 5.61. The zero-order valence-corrected chi connectivity index (χ0v) is 11.5. The van der Waals surface area contributed by atoms with E-state index in [1.165, 1.54) is 24.5 Å². The Labute approximate surface area is 114 Å². The predicted octanol–water partition coefficient (Wildman–Crippen LogP) is 2.46. The maximum absolute atomic E-state index is 13.7. The van der Waals surface area contributed by atoms with Crippen LogP contribution in [-0.4, -0.2) is 14.2 Å². The molecule has 0 spiro atoms. The molecule has 0 aliphatic rings. The Morgan fingerprint density at radius 2 is 2.05 bits per heavy atom. The minimum Gasteiger partial charge on any atom is -0.496 e. The second-order valence-electron chi connectivity index (χ2n) is 3.88. The minimum absolute atomic E-state index is 0.211. The first-order chi connectivity index (χ1) is 9.19. The van der Waals surface area contributed by atoms with Crippen molar-refractivity contribution in [2.24, 2.45) is 5.84 Å². The van der Waals surface area contributed by atoms with E-state index in [1.807, 2.05) is 11.4 Å². The molecule has 2 aromatic rings. The number of halogens is 1. The SMILES string of the molecule is COc1csc(C(NN)c2ccc(OC)c(F)c2)c1. The van der Waals surface area contributed by atoms with Gasteiger partial charge in [-0.05, 0) is 23.8 Å². The summed E-state index contributed by atoms with van der Waals surface area (Å²) in [7, 11) is 3.03. The Balaban J connectivity index is 2.33. The van der Waals surface area contributed by atoms with E-state index in [2.05, 4.69) is 5.43 Å². The van der Waals surface area contributed by atoms with Crippen LogP contribution in [0.25, 0.3) is 0 Å². The summed E-state index contributed by atoms with van der Waals surface area (Å²) in [6.45, 7) is 0. The van der Waals surface area contributed by atoms with Crippen molar-refractivity contribution in [3.05, 3.63) is 45.9 Å². The van der Waals surface area contributed by atoms with Crippen molar-refractivity contribution in [3.8, 4) is 11.5 Å². The second-order valence-corrected chi connectivity index (χ2v) is 4.83. The summed E-state index contributed by atoms with van der Waals surface area (Å²) in [5.74, 6) is 6.13. The number of ether oxygens (including phenoxy) is 2. The van der Waals surface area contributed by atoms with Crippen molar-refractivity contribution in [2.75, 3.05) is 14.2 Å². The fourth-order valence-electron chi connectivity index (χ4n) is 1.80. The van der Waals surface area contributed by atoms with Gasteiger partial charge in [0, 0.05) is 10.3 Å². The molecule has 102 valence electrons. The zero-order chi connectivity index (χ0) is 13.8. The number of hydrazine groups is 1. The number of benzene rings is 1. The van der Waals surface area contributed by atoms with Gasteiger partial charge in [0.15, 0.2) is 11.6 Å². The predicted molar refractivity (Wildman–Crippen MR) is 73.0 cm³/mol. The Hall–Kier alpha value is -1.63. The van der Waals surface area contributed by atoms with Gasteiger partial charge in [-0.2, -0.15) is 0 Å². The average Bonchev–Trinajstić information content (AvgIpc) is 2.88. The van der Waals surface area contributed by atoms with Crippen LogP contribution in [0, 0.1) is 5.82 Å². The van der Waals surface area contributed by atoms with Crippen molar-refractivity contribution < 1.29 is 13.9 Å². The number of methoxy groups -OCH3 is 2. The van der Waals surface area contributed by atoms with Gasteiger partial charge in [0.1, 0.15) is 5.75 Å². The number of nitrogens with two attached hydrogens (primary N) is 1. The van der Waals surface area contributed by atoms with Gasteiger partial charge in [-0.1, -0.05) is 6.07 Å². The topological polar surface area (TPSA) is 56.5 Å². The Morgan fingerprint density at radius 3 is 2.58 bits per heavy atom. The molecule has 1 aromatic heterocycles. The highest BCUT2D eigenvalue weighted by Crippen LogP contribution is 2.32. The largest absolute Gasteiger partial charge is 0.496 e. The highest BCUT2D eigenvalue weighted by Gasteiger charge is 2.17. The van der Waals surface area contributed by atoms with Crippen LogP contribution < -0.4 is 20.7 Å². The van der Waals surface area contributed by atoms with Gasteiger partial charge in [0.2, 0.25) is 0 Å². The quantitative estimate of drug-likeness (QED) is 0.653. The molecule has 1 heterocycles. The van der Waals surface area contributed by atoms with E-state index in [0.717, 1.165) is 16.2 Å². The lowest BCUT2D eigenvalue weighted by atomic mass is 10.1. The number of hydrogen-bond acceptors (Lipinski definition) is 5. The molecular weight excluding hydrogens is 267 g/mol. The molecule has 0 aliphatic heterocycles. The van der Waals surface area contributed by atoms with E-state index in [4.69, 9.17) is 15.3 Å². The second kappa shape index (κ2) is 6.01. The maximum atomic E-state index is 13.7. The van der Waals surface area contributed by atoms with Crippen molar-refractivity contribution in [2.45, 2.75) is 6.04 Å². The van der Waals surface area contributed by atoms with E-state index in [-0.39, 0.29) is 11.8 Å². The molecule has 0 aliphatic carbocycles. The standard InChI is InChI=1S/C13H15FN2O2S/c1-17-9-6-12(19-7-9)13(16-15)8-3-4-11(18-2)10(14)5-8/h3-7,13,16H,15H2,1-2H3. The number of nitrogens with one attached hydrogen (secondary N) is 1. The van der Waals surface area contributed by atoms with Gasteiger partial charge in [-0.15, -0.1) is 11.3 Å². The third-order valence-corrected chi connectivity index (χ3v) is 3.77. The van der Waals surface area contributed by atoms with Crippen molar-refractivity contribution >= 4 is 11.3 Å². The van der Waals surface area contributed by atoms with E-state index < -0.39 is 5.82 Å². The summed E-state index contributed by atoms with van der Waals surface area (Å²) < 4.78 is 23.7. The van der Waals surface area contributed by atoms with Gasteiger partial charge in [-0.25, -0.2) is 9.82 Å². The van der Waals surface area contributed by atoms with Gasteiger partial charge >= 0.3 is 0 Å². The number of hydrogen-bond donors (Lipinski definition) is 2. The summed E-state index contributed by atoms with van der Waals surface area (Å²) in [5.41, 5.74) is 3.41. The van der Waals surface area contributed by atoms with Crippen LogP contribution in [0.5, 0.6) is 11.5 Å². The third kappa shape index (κ3) is 2.86. The van der Waals surface area contributed by atoms with Crippen molar-refractivity contribution in [1.29, 1.82) is 0 Å². The molecule has 0 saturated carbocycles. The third-order valence-electron chi connectivity index (χ3n) is 2.79. The molecule has 0 bridgehead atoms. The van der Waals surface area contributed by atoms with Crippen LogP contribution in [0.1, 0.15) is 16.5 Å². The smallest absolute Gasteiger partial charge is 0.165 e. The highest BCUT2D eigenvalue weighted by molar-refractivity contribution is 7.10. The number of thiophene rings is 1. The average molecular weight is 282 g/mol. The normalized spacial score (nSPS) is 12.2. The Bertz CT molecular complexity index is 559. The fourth-order valence-corrected chi connectivity index (χ4v) is 2.74. The summed E-state index contributed by atoms with van der Waals surface area (Å²) >= 11 is 1.50. The maximum Gasteiger partial charge on any atom is 0.165 e. The summed E-state index contributed by atoms with van der Waals surface area (Å²) in [6, 6.07) is 6.36. The van der Waals surface area contributed by atoms with E-state index >= 15 is 0 Å². The minimum atomic E-state index is -0.413. The molecule has 4 nitrogen and oxygen atoms in total. The lowest BCUT2D eigenvalue weighted by Crippen LogP contribution is -2.28. The summed E-state index contributed by atoms with van der Waals surface area (Å²) in [5, 5.41) is 1.87. The molecule has 1 unspecified atom stereocenters. The highest BCUT2D eigenvalue weighted by atomic mass is 32.1. The zero-order valence-electron chi connectivity index (χ0n) is 10.6. The molecule has 1 atom stereocenters. The van der Waals surface area contributed by atoms with E-state index in [0.29, 0.717) is 0 Å². The first kappa shape index (κ1) is 13.8. The lowest BCUT2D eigenvalue weighted by molar-refractivity contribution is 0.385. The van der Waals surface area contributed by atoms with Gasteiger partial charge < -0.3 is 9.47 Å². The molecule has 0 radical (unpaired) electrons. The van der Waals surface area contributed by atoms with Gasteiger partial charge in [-0.3, -0.25) is 5.84 Å². The van der Waals surface area contributed by atoms with Crippen LogP contribution >= 0.6 is 11.3 Å². The monoisotopic (exact) mass is 282 g/mol. The summed E-state index contributed by atoms with van der Waals surface area (Å²) in [6.07, 6.45) is 0. The molecule has 0 fully saturated rings. The first-order valence-corrected chi connectivity index (χ1v) is 6.49. The fraction of sp³-hybridized carbons (Fsp3) is 0.231. The molecule has 6 heteroatoms. The molecule has 3 N–H and O–H groups in total. The van der Waals surface area contributed by atoms with Crippen LogP contribution in [0.4, 0.5) is 4.39 Å². The van der Waals surface area contributed by atoms with Crippen LogP contribution in [0.3, 0.4) is 0 Å².